The lowest BCUT2D eigenvalue weighted by atomic mass is 9.90. The fraction of sp³-hybridized carbons (Fsp3) is 0.500. The molecular formula is C26H34N2O6. The number of hydrogen-bond donors (Lipinski definition) is 3. The minimum absolute atomic E-state index is 0.0457. The fourth-order valence-electron chi connectivity index (χ4n) is 4.60. The minimum atomic E-state index is -1.82. The predicted octanol–water partition coefficient (Wildman–Crippen LogP) is 3.70. The number of hydrogen-bond acceptors (Lipinski definition) is 5. The number of aliphatic carboxylic acids is 2. The highest BCUT2D eigenvalue weighted by Crippen LogP contribution is 2.27. The summed E-state index contributed by atoms with van der Waals surface area (Å²) in [5.41, 5.74) is 2.32. The lowest BCUT2D eigenvalue weighted by molar-refractivity contribution is -0.159. The van der Waals surface area contributed by atoms with E-state index in [1.807, 2.05) is 12.1 Å². The van der Waals surface area contributed by atoms with Crippen LogP contribution in [-0.2, 0) is 22.6 Å². The van der Waals surface area contributed by atoms with Gasteiger partial charge in [-0.05, 0) is 94.1 Å². The number of H-pyrrole nitrogens is 1. The minimum Gasteiger partial charge on any atom is -0.490 e. The zero-order valence-corrected chi connectivity index (χ0v) is 19.4. The van der Waals surface area contributed by atoms with Gasteiger partial charge in [-0.3, -0.25) is 9.69 Å². The number of ether oxygens (including phenoxy) is 1. The Morgan fingerprint density at radius 3 is 2.35 bits per heavy atom. The van der Waals surface area contributed by atoms with Gasteiger partial charge in [0.05, 0.1) is 6.10 Å². The molecule has 1 aromatic heterocycles. The van der Waals surface area contributed by atoms with E-state index in [0.29, 0.717) is 6.10 Å². The van der Waals surface area contributed by atoms with Crippen LogP contribution in [0.15, 0.2) is 47.4 Å². The number of carboxylic acids is 2. The number of aromatic nitrogens is 1. The molecule has 0 amide bonds. The Morgan fingerprint density at radius 1 is 1.00 bits per heavy atom. The van der Waals surface area contributed by atoms with Gasteiger partial charge in [0.1, 0.15) is 5.75 Å². The Hall–Kier alpha value is -3.13. The molecule has 0 radical (unpaired) electrons. The van der Waals surface area contributed by atoms with Crippen LogP contribution in [0.5, 0.6) is 5.75 Å². The first kappa shape index (κ1) is 25.5. The number of aromatic amines is 1. The maximum Gasteiger partial charge on any atom is 0.414 e. The third-order valence-electron chi connectivity index (χ3n) is 6.53. The smallest absolute Gasteiger partial charge is 0.414 e. The molecule has 184 valence electrons. The fourth-order valence-corrected chi connectivity index (χ4v) is 4.60. The Balaban J connectivity index is 0.000000481. The van der Waals surface area contributed by atoms with Gasteiger partial charge in [0, 0.05) is 18.3 Å². The molecule has 1 aliphatic carbocycles. The number of benzene rings is 1. The van der Waals surface area contributed by atoms with Crippen molar-refractivity contribution in [2.75, 3.05) is 13.1 Å². The van der Waals surface area contributed by atoms with E-state index in [4.69, 9.17) is 24.5 Å². The van der Waals surface area contributed by atoms with Crippen LogP contribution in [0.4, 0.5) is 0 Å². The van der Waals surface area contributed by atoms with Crippen LogP contribution in [0.2, 0.25) is 0 Å². The number of carboxylic acid groups (broad SMARTS) is 2. The molecule has 34 heavy (non-hydrogen) atoms. The van der Waals surface area contributed by atoms with Crippen molar-refractivity contribution >= 4 is 11.9 Å². The average Bonchev–Trinajstić information content (AvgIpc) is 3.34. The topological polar surface area (TPSA) is 120 Å². The molecule has 8 nitrogen and oxygen atoms in total. The van der Waals surface area contributed by atoms with E-state index in [2.05, 4.69) is 34.1 Å². The summed E-state index contributed by atoms with van der Waals surface area (Å²) in [6, 6.07) is 12.6. The van der Waals surface area contributed by atoms with Gasteiger partial charge >= 0.3 is 11.9 Å². The molecule has 4 rings (SSSR count). The normalized spacial score (nSPS) is 17.1. The van der Waals surface area contributed by atoms with Crippen LogP contribution >= 0.6 is 0 Å². The standard InChI is InChI=1S/C24H32N2O2.C2H2O4/c27-24-21(6-4-14-25-24)18-26-15-12-19(13-16-26)10-11-20-5-3-9-23(17-20)28-22-7-1-2-8-22;3-1(4)2(5)6/h3-6,9,14,17,19,22H,1-2,7-8,10-13,15-16,18H2,(H,25,27);(H,3,4)(H,5,6). The van der Waals surface area contributed by atoms with E-state index < -0.39 is 11.9 Å². The van der Waals surface area contributed by atoms with Gasteiger partial charge in [0.2, 0.25) is 0 Å². The molecule has 3 N–H and O–H groups in total. The van der Waals surface area contributed by atoms with Crippen molar-refractivity contribution in [1.82, 2.24) is 9.88 Å². The summed E-state index contributed by atoms with van der Waals surface area (Å²) in [5.74, 6) is -1.82. The van der Waals surface area contributed by atoms with Crippen LogP contribution in [0, 0.1) is 5.92 Å². The molecule has 0 spiro atoms. The number of carbonyl (C=O) groups is 2. The SMILES string of the molecule is O=C(O)C(=O)O.O=c1[nH]cccc1CN1CCC(CCc2cccc(OC3CCCC3)c2)CC1. The monoisotopic (exact) mass is 470 g/mol. The molecule has 0 bridgehead atoms. The van der Waals surface area contributed by atoms with E-state index in [0.717, 1.165) is 43.3 Å². The summed E-state index contributed by atoms with van der Waals surface area (Å²) in [5, 5.41) is 14.8. The molecule has 1 saturated heterocycles. The van der Waals surface area contributed by atoms with Crippen LogP contribution in [0.25, 0.3) is 0 Å². The lowest BCUT2D eigenvalue weighted by Gasteiger charge is -2.31. The number of piperidine rings is 1. The summed E-state index contributed by atoms with van der Waals surface area (Å²) in [4.78, 5) is 35.2. The number of nitrogens with zero attached hydrogens (tertiary/aromatic N) is 1. The Labute approximate surface area is 199 Å². The third kappa shape index (κ3) is 8.33. The summed E-state index contributed by atoms with van der Waals surface area (Å²) in [7, 11) is 0. The van der Waals surface area contributed by atoms with Crippen LogP contribution in [-0.4, -0.2) is 51.2 Å². The molecule has 1 saturated carbocycles. The first-order valence-electron chi connectivity index (χ1n) is 12.0. The molecule has 2 fully saturated rings. The van der Waals surface area contributed by atoms with E-state index in [-0.39, 0.29) is 5.56 Å². The van der Waals surface area contributed by atoms with E-state index >= 15 is 0 Å². The highest BCUT2D eigenvalue weighted by molar-refractivity contribution is 6.27. The van der Waals surface area contributed by atoms with E-state index in [1.165, 1.54) is 50.5 Å². The number of nitrogens with one attached hydrogen (secondary N) is 1. The predicted molar refractivity (Wildman–Crippen MR) is 128 cm³/mol. The highest BCUT2D eigenvalue weighted by Gasteiger charge is 2.20. The Bertz CT molecular complexity index is 979. The van der Waals surface area contributed by atoms with Crippen molar-refractivity contribution in [2.45, 2.75) is 64.0 Å². The zero-order chi connectivity index (χ0) is 24.3. The van der Waals surface area contributed by atoms with Crippen LogP contribution in [0.1, 0.15) is 56.1 Å². The second-order valence-electron chi connectivity index (χ2n) is 9.06. The van der Waals surface area contributed by atoms with Crippen molar-refractivity contribution in [2.24, 2.45) is 5.92 Å². The maximum atomic E-state index is 11.9. The molecule has 0 atom stereocenters. The van der Waals surface area contributed by atoms with E-state index in [9.17, 15) is 4.79 Å². The molecule has 2 aromatic rings. The van der Waals surface area contributed by atoms with Gasteiger partial charge in [0.15, 0.2) is 0 Å². The second kappa shape index (κ2) is 12.9. The number of likely N-dealkylation sites (tertiary alicyclic amines) is 1. The van der Waals surface area contributed by atoms with Gasteiger partial charge in [-0.15, -0.1) is 0 Å². The Morgan fingerprint density at radius 2 is 1.71 bits per heavy atom. The molecule has 1 aromatic carbocycles. The summed E-state index contributed by atoms with van der Waals surface area (Å²) < 4.78 is 6.15. The van der Waals surface area contributed by atoms with Crippen molar-refractivity contribution in [3.05, 3.63) is 64.1 Å². The van der Waals surface area contributed by atoms with Gasteiger partial charge in [0.25, 0.3) is 5.56 Å². The van der Waals surface area contributed by atoms with Crippen molar-refractivity contribution in [1.29, 1.82) is 0 Å². The summed E-state index contributed by atoms with van der Waals surface area (Å²) >= 11 is 0. The second-order valence-corrected chi connectivity index (χ2v) is 9.06. The van der Waals surface area contributed by atoms with Gasteiger partial charge < -0.3 is 19.9 Å². The van der Waals surface area contributed by atoms with Gasteiger partial charge in [-0.25, -0.2) is 9.59 Å². The number of aryl methyl sites for hydroxylation is 1. The van der Waals surface area contributed by atoms with Gasteiger partial charge in [-0.2, -0.15) is 0 Å². The molecule has 2 heterocycles. The molecule has 1 aliphatic heterocycles. The van der Waals surface area contributed by atoms with Crippen molar-refractivity contribution < 1.29 is 24.5 Å². The number of rotatable bonds is 7. The van der Waals surface area contributed by atoms with Gasteiger partial charge in [-0.1, -0.05) is 18.2 Å². The maximum absolute atomic E-state index is 11.9. The Kier molecular flexibility index (Phi) is 9.70. The summed E-state index contributed by atoms with van der Waals surface area (Å²) in [6.45, 7) is 2.94. The molecule has 8 heteroatoms. The van der Waals surface area contributed by atoms with Crippen molar-refractivity contribution in [3.8, 4) is 5.75 Å². The molecule has 2 aliphatic rings. The summed E-state index contributed by atoms with van der Waals surface area (Å²) in [6.07, 6.45) is 12.0. The molecular weight excluding hydrogens is 436 g/mol. The van der Waals surface area contributed by atoms with Crippen LogP contribution in [0.3, 0.4) is 0 Å². The quantitative estimate of drug-likeness (QED) is 0.528. The van der Waals surface area contributed by atoms with E-state index in [1.54, 1.807) is 6.20 Å². The lowest BCUT2D eigenvalue weighted by Crippen LogP contribution is -2.34. The number of pyridine rings is 1. The average molecular weight is 471 g/mol. The first-order chi connectivity index (χ1) is 16.4. The highest BCUT2D eigenvalue weighted by atomic mass is 16.5. The van der Waals surface area contributed by atoms with Crippen LogP contribution < -0.4 is 10.3 Å². The largest absolute Gasteiger partial charge is 0.490 e. The third-order valence-corrected chi connectivity index (χ3v) is 6.53. The first-order valence-corrected chi connectivity index (χ1v) is 12.0. The molecule has 0 unspecified atom stereocenters. The zero-order valence-electron chi connectivity index (χ0n) is 19.4. The van der Waals surface area contributed by atoms with Crippen molar-refractivity contribution in [3.63, 3.8) is 0 Å².